The summed E-state index contributed by atoms with van der Waals surface area (Å²) in [6.45, 7) is 0.329. The minimum atomic E-state index is -1.17. The van der Waals surface area contributed by atoms with Gasteiger partial charge in [-0.25, -0.2) is 9.78 Å². The summed E-state index contributed by atoms with van der Waals surface area (Å²) >= 11 is 0. The Morgan fingerprint density at radius 1 is 1.50 bits per heavy atom. The third-order valence-electron chi connectivity index (χ3n) is 3.80. The van der Waals surface area contributed by atoms with Gasteiger partial charge in [0.15, 0.2) is 0 Å². The van der Waals surface area contributed by atoms with Crippen LogP contribution in [-0.2, 0) is 4.79 Å². The number of carbonyl (C=O) groups excluding carboxylic acids is 1. The lowest BCUT2D eigenvalue weighted by atomic mass is 10.1. The molecule has 1 atom stereocenters. The second-order valence-corrected chi connectivity index (χ2v) is 5.43. The van der Waals surface area contributed by atoms with E-state index in [1.165, 1.54) is 7.11 Å². The molecule has 1 unspecified atom stereocenters. The van der Waals surface area contributed by atoms with Crippen LogP contribution in [-0.4, -0.2) is 41.8 Å². The maximum Gasteiger partial charge on any atom is 0.409 e. The lowest BCUT2D eigenvalue weighted by molar-refractivity contribution is -0.119. The van der Waals surface area contributed by atoms with Crippen molar-refractivity contribution in [2.24, 2.45) is 0 Å². The molecule has 2 aromatic rings. The van der Waals surface area contributed by atoms with Crippen molar-refractivity contribution >= 4 is 28.5 Å². The van der Waals surface area contributed by atoms with E-state index in [0.717, 1.165) is 11.8 Å². The number of amides is 2. The molecule has 1 aromatic carbocycles. The Balaban J connectivity index is 1.88. The second-order valence-electron chi connectivity index (χ2n) is 5.43. The summed E-state index contributed by atoms with van der Waals surface area (Å²) in [4.78, 5) is 26.3. The molecule has 0 bridgehead atoms. The fourth-order valence-electron chi connectivity index (χ4n) is 2.65. The van der Waals surface area contributed by atoms with Gasteiger partial charge in [-0.15, -0.1) is 0 Å². The Kier molecular flexibility index (Phi) is 4.37. The van der Waals surface area contributed by atoms with Crippen LogP contribution in [0.3, 0.4) is 0 Å². The molecule has 1 saturated heterocycles. The third-order valence-corrected chi connectivity index (χ3v) is 3.80. The molecule has 0 aliphatic carbocycles. The third kappa shape index (κ3) is 3.32. The summed E-state index contributed by atoms with van der Waals surface area (Å²) < 4.78 is 11.0. The van der Waals surface area contributed by atoms with E-state index < -0.39 is 6.09 Å². The smallest absolute Gasteiger partial charge is 0.409 e. The van der Waals surface area contributed by atoms with Crippen molar-refractivity contribution in [3.63, 3.8) is 0 Å². The van der Waals surface area contributed by atoms with Crippen LogP contribution < -0.4 is 20.1 Å². The molecule has 1 fully saturated rings. The van der Waals surface area contributed by atoms with Crippen molar-refractivity contribution in [2.45, 2.75) is 18.9 Å². The van der Waals surface area contributed by atoms with Crippen molar-refractivity contribution < 1.29 is 24.2 Å². The highest BCUT2D eigenvalue weighted by molar-refractivity contribution is 5.95. The molecule has 0 radical (unpaired) electrons. The predicted octanol–water partition coefficient (Wildman–Crippen LogP) is 1.99. The summed E-state index contributed by atoms with van der Waals surface area (Å²) in [5.41, 5.74) is 0.345. The first-order valence-electron chi connectivity index (χ1n) is 7.45. The van der Waals surface area contributed by atoms with Crippen molar-refractivity contribution in [1.82, 2.24) is 10.3 Å². The van der Waals surface area contributed by atoms with Crippen LogP contribution in [0.4, 0.5) is 10.5 Å². The number of fused-ring (bicyclic) bond motifs is 1. The number of carbonyl (C=O) groups is 2. The normalized spacial score (nSPS) is 16.7. The number of ether oxygens (including phenoxy) is 2. The average molecular weight is 331 g/mol. The molecule has 126 valence electrons. The predicted molar refractivity (Wildman–Crippen MR) is 86.6 cm³/mol. The second kappa shape index (κ2) is 6.61. The van der Waals surface area contributed by atoms with Crippen LogP contribution in [0.15, 0.2) is 24.4 Å². The molecule has 1 aliphatic rings. The molecule has 2 heterocycles. The standard InChI is InChI=1S/C16H17N3O5/c1-23-13-7-11-9(6-12(13)19-16(21)22)4-5-17-15(11)24-8-10-2-3-14(20)18-10/h4-7,10,19H,2-3,8H2,1H3,(H,18,20)(H,21,22). The maximum atomic E-state index is 11.2. The Bertz CT molecular complexity index is 793. The van der Waals surface area contributed by atoms with Gasteiger partial charge in [-0.3, -0.25) is 10.1 Å². The van der Waals surface area contributed by atoms with Crippen molar-refractivity contribution in [3.8, 4) is 11.6 Å². The fourth-order valence-corrected chi connectivity index (χ4v) is 2.65. The minimum absolute atomic E-state index is 0.0237. The molecule has 0 spiro atoms. The Hall–Kier alpha value is -3.03. The molecule has 3 N–H and O–H groups in total. The fraction of sp³-hybridized carbons (Fsp3) is 0.312. The first-order valence-corrected chi connectivity index (χ1v) is 7.45. The van der Waals surface area contributed by atoms with Crippen LogP contribution >= 0.6 is 0 Å². The summed E-state index contributed by atoms with van der Waals surface area (Å²) in [6, 6.07) is 5.07. The average Bonchev–Trinajstić information content (AvgIpc) is 2.97. The number of anilines is 1. The largest absolute Gasteiger partial charge is 0.495 e. The number of carboxylic acid groups (broad SMARTS) is 1. The molecule has 24 heavy (non-hydrogen) atoms. The molecular formula is C16H17N3O5. The van der Waals surface area contributed by atoms with Crippen molar-refractivity contribution in [3.05, 3.63) is 24.4 Å². The zero-order valence-electron chi connectivity index (χ0n) is 13.0. The molecule has 8 nitrogen and oxygen atoms in total. The summed E-state index contributed by atoms with van der Waals surface area (Å²) in [7, 11) is 1.46. The molecule has 8 heteroatoms. The van der Waals surface area contributed by atoms with Crippen LogP contribution in [0.5, 0.6) is 11.6 Å². The number of methoxy groups -OCH3 is 1. The van der Waals surface area contributed by atoms with E-state index in [0.29, 0.717) is 35.7 Å². The Morgan fingerprint density at radius 2 is 2.33 bits per heavy atom. The summed E-state index contributed by atoms with van der Waals surface area (Å²) in [6.07, 6.45) is 1.66. The number of rotatable bonds is 5. The maximum absolute atomic E-state index is 11.2. The highest BCUT2D eigenvalue weighted by Crippen LogP contribution is 2.34. The van der Waals surface area contributed by atoms with E-state index in [-0.39, 0.29) is 11.9 Å². The van der Waals surface area contributed by atoms with Gasteiger partial charge < -0.3 is 19.9 Å². The number of nitrogens with one attached hydrogen (secondary N) is 2. The minimum Gasteiger partial charge on any atom is -0.495 e. The van der Waals surface area contributed by atoms with E-state index in [2.05, 4.69) is 15.6 Å². The van der Waals surface area contributed by atoms with Crippen molar-refractivity contribution in [1.29, 1.82) is 0 Å². The van der Waals surface area contributed by atoms with E-state index in [9.17, 15) is 9.59 Å². The lowest BCUT2D eigenvalue weighted by Crippen LogP contribution is -2.31. The highest BCUT2D eigenvalue weighted by atomic mass is 16.5. The van der Waals surface area contributed by atoms with E-state index in [1.54, 1.807) is 24.4 Å². The number of hydrogen-bond acceptors (Lipinski definition) is 5. The Morgan fingerprint density at radius 3 is 3.00 bits per heavy atom. The topological polar surface area (TPSA) is 110 Å². The van der Waals surface area contributed by atoms with Gasteiger partial charge in [-0.2, -0.15) is 0 Å². The molecule has 0 saturated carbocycles. The van der Waals surface area contributed by atoms with Gasteiger partial charge in [0.2, 0.25) is 11.8 Å². The van der Waals surface area contributed by atoms with E-state index in [4.69, 9.17) is 14.6 Å². The quantitative estimate of drug-likeness (QED) is 0.773. The highest BCUT2D eigenvalue weighted by Gasteiger charge is 2.21. The number of nitrogens with zero attached hydrogens (tertiary/aromatic N) is 1. The van der Waals surface area contributed by atoms with Gasteiger partial charge in [-0.1, -0.05) is 0 Å². The number of aromatic nitrogens is 1. The monoisotopic (exact) mass is 331 g/mol. The molecule has 1 aliphatic heterocycles. The van der Waals surface area contributed by atoms with Gasteiger partial charge in [0, 0.05) is 18.0 Å². The van der Waals surface area contributed by atoms with Gasteiger partial charge in [-0.05, 0) is 30.0 Å². The van der Waals surface area contributed by atoms with E-state index in [1.807, 2.05) is 0 Å². The van der Waals surface area contributed by atoms with Gasteiger partial charge in [0.05, 0.1) is 18.8 Å². The zero-order valence-corrected chi connectivity index (χ0v) is 13.0. The van der Waals surface area contributed by atoms with Crippen molar-refractivity contribution in [2.75, 3.05) is 19.0 Å². The van der Waals surface area contributed by atoms with Crippen LogP contribution in [0.2, 0.25) is 0 Å². The molecule has 3 rings (SSSR count). The van der Waals surface area contributed by atoms with E-state index >= 15 is 0 Å². The summed E-state index contributed by atoms with van der Waals surface area (Å²) in [5.74, 6) is 0.811. The van der Waals surface area contributed by atoms with Crippen LogP contribution in [0.25, 0.3) is 10.8 Å². The van der Waals surface area contributed by atoms with Gasteiger partial charge in [0.1, 0.15) is 12.4 Å². The van der Waals surface area contributed by atoms with Crippen LogP contribution in [0, 0.1) is 0 Å². The number of benzene rings is 1. The Labute approximate surface area is 137 Å². The van der Waals surface area contributed by atoms with Crippen LogP contribution in [0.1, 0.15) is 12.8 Å². The number of pyridine rings is 1. The zero-order chi connectivity index (χ0) is 17.1. The first-order chi connectivity index (χ1) is 11.6. The molecule has 1 aromatic heterocycles. The molecular weight excluding hydrogens is 314 g/mol. The first kappa shape index (κ1) is 15.9. The van der Waals surface area contributed by atoms with Gasteiger partial charge in [0.25, 0.3) is 0 Å². The SMILES string of the molecule is COc1cc2c(OCC3CCC(=O)N3)nccc2cc1NC(=O)O. The lowest BCUT2D eigenvalue weighted by Gasteiger charge is -2.14. The summed E-state index contributed by atoms with van der Waals surface area (Å²) in [5, 5.41) is 15.5. The number of hydrogen-bond donors (Lipinski definition) is 3. The van der Waals surface area contributed by atoms with Gasteiger partial charge >= 0.3 is 6.09 Å². The molecule has 2 amide bonds.